The van der Waals surface area contributed by atoms with Crippen LogP contribution in [-0.4, -0.2) is 5.78 Å². The van der Waals surface area contributed by atoms with Crippen LogP contribution < -0.4 is 0 Å². The molecule has 1 heterocycles. The smallest absolute Gasteiger partial charge is 0.172 e. The van der Waals surface area contributed by atoms with Crippen LogP contribution in [0.15, 0.2) is 24.3 Å². The molecule has 2 aromatic rings. The Morgan fingerprint density at radius 1 is 1.33 bits per heavy atom. The van der Waals surface area contributed by atoms with Crippen LogP contribution in [0, 0.1) is 11.7 Å². The minimum atomic E-state index is -0.251. The van der Waals surface area contributed by atoms with Crippen molar-refractivity contribution in [2.45, 2.75) is 33.1 Å². The number of benzene rings is 1. The fourth-order valence-corrected chi connectivity index (χ4v) is 2.96. The van der Waals surface area contributed by atoms with Crippen LogP contribution in [0.4, 0.5) is 4.39 Å². The summed E-state index contributed by atoms with van der Waals surface area (Å²) in [6, 6.07) is 6.46. The lowest BCUT2D eigenvalue weighted by Crippen LogP contribution is -1.97. The number of halogens is 1. The van der Waals surface area contributed by atoms with E-state index in [0.29, 0.717) is 12.3 Å². The number of ketones is 1. The van der Waals surface area contributed by atoms with Gasteiger partial charge in [0.05, 0.1) is 4.88 Å². The van der Waals surface area contributed by atoms with E-state index in [1.54, 1.807) is 12.1 Å². The largest absolute Gasteiger partial charge is 0.293 e. The number of carbonyl (C=O) groups is 1. The Balaban J connectivity index is 2.08. The lowest BCUT2D eigenvalue weighted by molar-refractivity contribution is 0.0982. The van der Waals surface area contributed by atoms with Gasteiger partial charge in [-0.05, 0) is 42.0 Å². The third kappa shape index (κ3) is 3.16. The zero-order valence-corrected chi connectivity index (χ0v) is 11.5. The van der Waals surface area contributed by atoms with Crippen molar-refractivity contribution >= 4 is 27.2 Å². The van der Waals surface area contributed by atoms with Crippen molar-refractivity contribution in [3.63, 3.8) is 0 Å². The van der Waals surface area contributed by atoms with Gasteiger partial charge in [-0.2, -0.15) is 0 Å². The van der Waals surface area contributed by atoms with Crippen LogP contribution in [0.2, 0.25) is 0 Å². The van der Waals surface area contributed by atoms with Crippen molar-refractivity contribution in [3.05, 3.63) is 35.0 Å². The molecule has 0 amide bonds. The lowest BCUT2D eigenvalue weighted by Gasteiger charge is -2.02. The van der Waals surface area contributed by atoms with Crippen LogP contribution in [-0.2, 0) is 0 Å². The van der Waals surface area contributed by atoms with Gasteiger partial charge in [0.1, 0.15) is 5.82 Å². The van der Waals surface area contributed by atoms with Gasteiger partial charge in [-0.25, -0.2) is 4.39 Å². The number of rotatable bonds is 5. The Morgan fingerprint density at radius 2 is 2.11 bits per heavy atom. The minimum Gasteiger partial charge on any atom is -0.293 e. The molecule has 1 nitrogen and oxygen atoms in total. The van der Waals surface area contributed by atoms with Gasteiger partial charge in [0.25, 0.3) is 0 Å². The maximum Gasteiger partial charge on any atom is 0.172 e. The first kappa shape index (κ1) is 13.2. The quantitative estimate of drug-likeness (QED) is 0.691. The third-order valence-corrected chi connectivity index (χ3v) is 4.10. The van der Waals surface area contributed by atoms with E-state index in [4.69, 9.17) is 0 Å². The van der Waals surface area contributed by atoms with E-state index in [1.165, 1.54) is 23.5 Å². The molecule has 2 rings (SSSR count). The SMILES string of the molecule is CC(C)CCCC(=O)c1cc2cc(F)ccc2s1. The minimum absolute atomic E-state index is 0.178. The molecular formula is C15H17FOS. The monoisotopic (exact) mass is 264 g/mol. The van der Waals surface area contributed by atoms with Gasteiger partial charge >= 0.3 is 0 Å². The second-order valence-electron chi connectivity index (χ2n) is 5.00. The predicted molar refractivity (Wildman–Crippen MR) is 74.8 cm³/mol. The molecule has 0 radical (unpaired) electrons. The van der Waals surface area contributed by atoms with E-state index in [-0.39, 0.29) is 11.6 Å². The first-order valence-electron chi connectivity index (χ1n) is 6.28. The molecule has 3 heteroatoms. The number of thiophene rings is 1. The normalized spacial score (nSPS) is 11.3. The fraction of sp³-hybridized carbons (Fsp3) is 0.400. The van der Waals surface area contributed by atoms with Crippen molar-refractivity contribution in [3.8, 4) is 0 Å². The molecule has 0 atom stereocenters. The summed E-state index contributed by atoms with van der Waals surface area (Å²) in [6.45, 7) is 4.32. The molecule has 0 aliphatic rings. The van der Waals surface area contributed by atoms with Gasteiger partial charge < -0.3 is 0 Å². The standard InChI is InChI=1S/C15H17FOS/c1-10(2)4-3-5-13(17)15-9-11-8-12(16)6-7-14(11)18-15/h6-10H,3-5H2,1-2H3. The van der Waals surface area contributed by atoms with E-state index in [1.807, 2.05) is 0 Å². The molecule has 0 saturated carbocycles. The summed E-state index contributed by atoms with van der Waals surface area (Å²) in [6.07, 6.45) is 2.60. The van der Waals surface area contributed by atoms with Gasteiger partial charge in [0.2, 0.25) is 0 Å². The summed E-state index contributed by atoms with van der Waals surface area (Å²) >= 11 is 1.46. The van der Waals surface area contributed by atoms with E-state index in [0.717, 1.165) is 27.8 Å². The summed E-state index contributed by atoms with van der Waals surface area (Å²) in [4.78, 5) is 12.7. The van der Waals surface area contributed by atoms with Crippen LogP contribution in [0.5, 0.6) is 0 Å². The number of fused-ring (bicyclic) bond motifs is 1. The molecule has 0 aliphatic carbocycles. The van der Waals surface area contributed by atoms with E-state index < -0.39 is 0 Å². The first-order chi connectivity index (χ1) is 8.56. The zero-order chi connectivity index (χ0) is 13.1. The third-order valence-electron chi connectivity index (χ3n) is 2.94. The van der Waals surface area contributed by atoms with Crippen molar-refractivity contribution in [1.82, 2.24) is 0 Å². The maximum atomic E-state index is 13.1. The van der Waals surface area contributed by atoms with Gasteiger partial charge in [-0.15, -0.1) is 11.3 Å². The highest BCUT2D eigenvalue weighted by atomic mass is 32.1. The second-order valence-corrected chi connectivity index (χ2v) is 6.09. The molecule has 0 bridgehead atoms. The number of hydrogen-bond donors (Lipinski definition) is 0. The van der Waals surface area contributed by atoms with E-state index >= 15 is 0 Å². The molecule has 96 valence electrons. The molecule has 18 heavy (non-hydrogen) atoms. The molecule has 0 spiro atoms. The number of carbonyl (C=O) groups excluding carboxylic acids is 1. The topological polar surface area (TPSA) is 17.1 Å². The fourth-order valence-electron chi connectivity index (χ4n) is 1.95. The van der Waals surface area contributed by atoms with Crippen LogP contribution in [0.3, 0.4) is 0 Å². The van der Waals surface area contributed by atoms with Crippen molar-refractivity contribution in [1.29, 1.82) is 0 Å². The summed E-state index contributed by atoms with van der Waals surface area (Å²) in [7, 11) is 0. The van der Waals surface area contributed by atoms with Crippen molar-refractivity contribution < 1.29 is 9.18 Å². The van der Waals surface area contributed by atoms with Crippen molar-refractivity contribution in [2.24, 2.45) is 5.92 Å². The second kappa shape index (κ2) is 5.61. The average molecular weight is 264 g/mol. The van der Waals surface area contributed by atoms with Gasteiger partial charge in [0, 0.05) is 11.1 Å². The number of Topliss-reactive ketones (excluding diaryl/α,β-unsaturated/α-hetero) is 1. The predicted octanol–water partition coefficient (Wildman–Crippen LogP) is 5.05. The maximum absolute atomic E-state index is 13.1. The lowest BCUT2D eigenvalue weighted by atomic mass is 10.0. The molecular weight excluding hydrogens is 247 g/mol. The molecule has 0 aliphatic heterocycles. The van der Waals surface area contributed by atoms with Gasteiger partial charge in [0.15, 0.2) is 5.78 Å². The highest BCUT2D eigenvalue weighted by Gasteiger charge is 2.10. The van der Waals surface area contributed by atoms with E-state index in [2.05, 4.69) is 13.8 Å². The zero-order valence-electron chi connectivity index (χ0n) is 10.7. The summed E-state index contributed by atoms with van der Waals surface area (Å²) in [5, 5.41) is 0.826. The summed E-state index contributed by atoms with van der Waals surface area (Å²) in [5.74, 6) is 0.561. The van der Waals surface area contributed by atoms with Crippen LogP contribution in [0.1, 0.15) is 42.8 Å². The molecule has 0 unspecified atom stereocenters. The Hall–Kier alpha value is -1.22. The Morgan fingerprint density at radius 3 is 2.83 bits per heavy atom. The molecule has 1 aromatic carbocycles. The summed E-state index contributed by atoms with van der Waals surface area (Å²) < 4.78 is 14.0. The average Bonchev–Trinajstić information content (AvgIpc) is 2.71. The Labute approximate surface area is 111 Å². The van der Waals surface area contributed by atoms with Gasteiger partial charge in [-0.1, -0.05) is 20.3 Å². The van der Waals surface area contributed by atoms with Crippen LogP contribution in [0.25, 0.3) is 10.1 Å². The summed E-state index contributed by atoms with van der Waals surface area (Å²) in [5.41, 5.74) is 0. The Bertz CT molecular complexity index is 557. The Kier molecular flexibility index (Phi) is 4.12. The van der Waals surface area contributed by atoms with Crippen LogP contribution >= 0.6 is 11.3 Å². The molecule has 0 fully saturated rings. The first-order valence-corrected chi connectivity index (χ1v) is 7.10. The molecule has 0 N–H and O–H groups in total. The molecule has 1 aromatic heterocycles. The highest BCUT2D eigenvalue weighted by molar-refractivity contribution is 7.20. The van der Waals surface area contributed by atoms with E-state index in [9.17, 15) is 9.18 Å². The highest BCUT2D eigenvalue weighted by Crippen LogP contribution is 2.27. The van der Waals surface area contributed by atoms with Gasteiger partial charge in [-0.3, -0.25) is 4.79 Å². The molecule has 0 saturated heterocycles. The van der Waals surface area contributed by atoms with Crippen molar-refractivity contribution in [2.75, 3.05) is 0 Å². The number of hydrogen-bond acceptors (Lipinski definition) is 2.